The van der Waals surface area contributed by atoms with Crippen molar-refractivity contribution in [3.8, 4) is 0 Å². The third-order valence-corrected chi connectivity index (χ3v) is 2.85. The standard InChI is InChI=1S/C11H16N2O2S/c1-8(4-6-16-2)13-11(15)9-7-12-5-3-10(9)14/h3,5,7-8H,4,6H2,1-2H3,(H,12,14)(H,13,15). The van der Waals surface area contributed by atoms with Gasteiger partial charge in [-0.2, -0.15) is 11.8 Å². The third-order valence-electron chi connectivity index (χ3n) is 2.20. The summed E-state index contributed by atoms with van der Waals surface area (Å²) in [5.41, 5.74) is -0.0909. The fourth-order valence-electron chi connectivity index (χ4n) is 1.26. The molecule has 2 N–H and O–H groups in total. The predicted octanol–water partition coefficient (Wildman–Crippen LogP) is 1.25. The van der Waals surface area contributed by atoms with Gasteiger partial charge in [-0.05, 0) is 25.4 Å². The van der Waals surface area contributed by atoms with Crippen LogP contribution in [0.2, 0.25) is 0 Å². The lowest BCUT2D eigenvalue weighted by atomic mass is 10.2. The summed E-state index contributed by atoms with van der Waals surface area (Å²) in [6.45, 7) is 1.94. The lowest BCUT2D eigenvalue weighted by Crippen LogP contribution is -2.35. The number of rotatable bonds is 5. The van der Waals surface area contributed by atoms with Crippen LogP contribution in [-0.2, 0) is 0 Å². The van der Waals surface area contributed by atoms with Gasteiger partial charge in [0.15, 0.2) is 5.43 Å². The molecule has 1 unspecified atom stereocenters. The zero-order chi connectivity index (χ0) is 12.0. The first-order chi connectivity index (χ1) is 7.65. The Morgan fingerprint density at radius 3 is 3.00 bits per heavy atom. The van der Waals surface area contributed by atoms with Gasteiger partial charge < -0.3 is 10.3 Å². The van der Waals surface area contributed by atoms with Crippen LogP contribution >= 0.6 is 11.8 Å². The Morgan fingerprint density at radius 1 is 1.62 bits per heavy atom. The van der Waals surface area contributed by atoms with Gasteiger partial charge in [-0.1, -0.05) is 0 Å². The number of carbonyl (C=O) groups excluding carboxylic acids is 1. The second kappa shape index (κ2) is 6.37. The summed E-state index contributed by atoms with van der Waals surface area (Å²) in [4.78, 5) is 25.8. The van der Waals surface area contributed by atoms with Crippen LogP contribution in [0.1, 0.15) is 23.7 Å². The van der Waals surface area contributed by atoms with Gasteiger partial charge in [0.25, 0.3) is 5.91 Å². The smallest absolute Gasteiger partial charge is 0.256 e. The van der Waals surface area contributed by atoms with Crippen LogP contribution in [0.15, 0.2) is 23.3 Å². The molecule has 0 aliphatic carbocycles. The van der Waals surface area contributed by atoms with Crippen molar-refractivity contribution >= 4 is 17.7 Å². The molecular weight excluding hydrogens is 224 g/mol. The molecule has 88 valence electrons. The van der Waals surface area contributed by atoms with Crippen molar-refractivity contribution in [1.82, 2.24) is 10.3 Å². The van der Waals surface area contributed by atoms with E-state index in [1.807, 2.05) is 13.2 Å². The highest BCUT2D eigenvalue weighted by Crippen LogP contribution is 2.00. The van der Waals surface area contributed by atoms with E-state index in [4.69, 9.17) is 0 Å². The first-order valence-corrected chi connectivity index (χ1v) is 6.51. The quantitative estimate of drug-likeness (QED) is 0.814. The number of nitrogens with one attached hydrogen (secondary N) is 2. The van der Waals surface area contributed by atoms with Crippen LogP contribution in [0.5, 0.6) is 0 Å². The van der Waals surface area contributed by atoms with Crippen molar-refractivity contribution in [2.75, 3.05) is 12.0 Å². The molecule has 0 aromatic carbocycles. The van der Waals surface area contributed by atoms with E-state index in [2.05, 4.69) is 10.3 Å². The van der Waals surface area contributed by atoms with Gasteiger partial charge >= 0.3 is 0 Å². The zero-order valence-corrected chi connectivity index (χ0v) is 10.3. The Hall–Kier alpha value is -1.23. The van der Waals surface area contributed by atoms with E-state index in [9.17, 15) is 9.59 Å². The fraction of sp³-hybridized carbons (Fsp3) is 0.455. The van der Waals surface area contributed by atoms with E-state index in [1.54, 1.807) is 11.8 Å². The van der Waals surface area contributed by atoms with Crippen LogP contribution in [0, 0.1) is 0 Å². The summed E-state index contributed by atoms with van der Waals surface area (Å²) >= 11 is 1.74. The van der Waals surface area contributed by atoms with Crippen LogP contribution in [0.3, 0.4) is 0 Å². The molecule has 0 saturated heterocycles. The molecule has 0 spiro atoms. The van der Waals surface area contributed by atoms with E-state index in [1.165, 1.54) is 18.5 Å². The molecule has 0 bridgehead atoms. The second-order valence-corrected chi connectivity index (χ2v) is 4.56. The molecule has 1 aromatic rings. The van der Waals surface area contributed by atoms with Gasteiger partial charge in [0, 0.05) is 24.5 Å². The molecule has 0 radical (unpaired) electrons. The number of hydrogen-bond donors (Lipinski definition) is 2. The number of hydrogen-bond acceptors (Lipinski definition) is 3. The van der Waals surface area contributed by atoms with Gasteiger partial charge in [0.1, 0.15) is 5.56 Å². The van der Waals surface area contributed by atoms with E-state index in [-0.39, 0.29) is 22.9 Å². The van der Waals surface area contributed by atoms with Crippen molar-refractivity contribution in [3.63, 3.8) is 0 Å². The summed E-state index contributed by atoms with van der Waals surface area (Å²) in [7, 11) is 0. The molecule has 0 saturated carbocycles. The number of aromatic amines is 1. The summed E-state index contributed by atoms with van der Waals surface area (Å²) in [5.74, 6) is 0.683. The van der Waals surface area contributed by atoms with Crippen molar-refractivity contribution in [2.24, 2.45) is 0 Å². The molecule has 0 aliphatic rings. The lowest BCUT2D eigenvalue weighted by molar-refractivity contribution is 0.0938. The van der Waals surface area contributed by atoms with E-state index in [0.717, 1.165) is 12.2 Å². The largest absolute Gasteiger partial charge is 0.367 e. The highest BCUT2D eigenvalue weighted by Gasteiger charge is 2.11. The average molecular weight is 240 g/mol. The Morgan fingerprint density at radius 2 is 2.38 bits per heavy atom. The summed E-state index contributed by atoms with van der Waals surface area (Å²) < 4.78 is 0. The minimum Gasteiger partial charge on any atom is -0.367 e. The molecular formula is C11H16N2O2S. The number of aromatic nitrogens is 1. The van der Waals surface area contributed by atoms with Crippen LogP contribution in [0.4, 0.5) is 0 Å². The molecule has 0 aliphatic heterocycles. The fourth-order valence-corrected chi connectivity index (χ4v) is 1.85. The lowest BCUT2D eigenvalue weighted by Gasteiger charge is -2.12. The molecule has 0 fully saturated rings. The van der Waals surface area contributed by atoms with E-state index < -0.39 is 0 Å². The molecule has 1 amide bonds. The van der Waals surface area contributed by atoms with Gasteiger partial charge in [0.05, 0.1) is 0 Å². The molecule has 1 aromatic heterocycles. The Bertz CT molecular complexity index is 403. The Balaban J connectivity index is 2.59. The summed E-state index contributed by atoms with van der Waals surface area (Å²) in [6, 6.07) is 1.43. The summed E-state index contributed by atoms with van der Waals surface area (Å²) in [6.07, 6.45) is 5.86. The van der Waals surface area contributed by atoms with Crippen LogP contribution in [0.25, 0.3) is 0 Å². The van der Waals surface area contributed by atoms with Gasteiger partial charge in [-0.25, -0.2) is 0 Å². The number of carbonyl (C=O) groups is 1. The number of amides is 1. The highest BCUT2D eigenvalue weighted by atomic mass is 32.2. The molecule has 1 atom stereocenters. The maximum atomic E-state index is 11.7. The molecule has 5 heteroatoms. The maximum absolute atomic E-state index is 11.7. The van der Waals surface area contributed by atoms with Crippen molar-refractivity contribution in [3.05, 3.63) is 34.2 Å². The number of thioether (sulfide) groups is 1. The number of H-pyrrole nitrogens is 1. The Kier molecular flexibility index (Phi) is 5.11. The van der Waals surface area contributed by atoms with Crippen molar-refractivity contribution in [2.45, 2.75) is 19.4 Å². The van der Waals surface area contributed by atoms with Gasteiger partial charge in [-0.15, -0.1) is 0 Å². The topological polar surface area (TPSA) is 62.0 Å². The van der Waals surface area contributed by atoms with Gasteiger partial charge in [0.2, 0.25) is 0 Å². The minimum absolute atomic E-state index is 0.0829. The van der Waals surface area contributed by atoms with Crippen molar-refractivity contribution < 1.29 is 4.79 Å². The second-order valence-electron chi connectivity index (χ2n) is 3.58. The summed E-state index contributed by atoms with van der Waals surface area (Å²) in [5, 5.41) is 2.80. The molecule has 16 heavy (non-hydrogen) atoms. The SMILES string of the molecule is CSCCC(C)NC(=O)c1c[nH]ccc1=O. The van der Waals surface area contributed by atoms with Crippen molar-refractivity contribution in [1.29, 1.82) is 0 Å². The third kappa shape index (κ3) is 3.73. The molecule has 1 rings (SSSR count). The molecule has 4 nitrogen and oxygen atoms in total. The van der Waals surface area contributed by atoms with Gasteiger partial charge in [-0.3, -0.25) is 9.59 Å². The van der Waals surface area contributed by atoms with Crippen LogP contribution < -0.4 is 10.7 Å². The zero-order valence-electron chi connectivity index (χ0n) is 9.45. The first kappa shape index (κ1) is 12.8. The monoisotopic (exact) mass is 240 g/mol. The van der Waals surface area contributed by atoms with E-state index in [0.29, 0.717) is 0 Å². The van der Waals surface area contributed by atoms with E-state index >= 15 is 0 Å². The average Bonchev–Trinajstić information content (AvgIpc) is 2.26. The number of pyridine rings is 1. The maximum Gasteiger partial charge on any atom is 0.256 e. The molecule has 1 heterocycles. The van der Waals surface area contributed by atoms with Crippen LogP contribution in [-0.4, -0.2) is 28.9 Å². The predicted molar refractivity (Wildman–Crippen MR) is 67.0 cm³/mol. The highest BCUT2D eigenvalue weighted by molar-refractivity contribution is 7.98. The Labute approximate surface area is 98.8 Å². The normalized spacial score (nSPS) is 12.1. The minimum atomic E-state index is -0.310. The first-order valence-electron chi connectivity index (χ1n) is 5.12.